The summed E-state index contributed by atoms with van der Waals surface area (Å²) in [5, 5.41) is 8.53. The summed E-state index contributed by atoms with van der Waals surface area (Å²) in [4.78, 5) is 10.4. The number of nitrogens with one attached hydrogen (secondary N) is 1. The van der Waals surface area contributed by atoms with Crippen molar-refractivity contribution in [2.24, 2.45) is 0 Å². The van der Waals surface area contributed by atoms with Crippen LogP contribution in [0.4, 0.5) is 0 Å². The van der Waals surface area contributed by atoms with Gasteiger partial charge in [0.2, 0.25) is 10.0 Å². The Bertz CT molecular complexity index is 808. The van der Waals surface area contributed by atoms with Gasteiger partial charge < -0.3 is 19.3 Å². The summed E-state index contributed by atoms with van der Waals surface area (Å²) in [6.07, 6.45) is 2.97. The van der Waals surface area contributed by atoms with Gasteiger partial charge in [0.15, 0.2) is 0 Å². The van der Waals surface area contributed by atoms with Crippen LogP contribution in [0.3, 0.4) is 0 Å². The van der Waals surface area contributed by atoms with Crippen molar-refractivity contribution < 1.29 is 32.5 Å². The van der Waals surface area contributed by atoms with Gasteiger partial charge in [-0.25, -0.2) is 17.9 Å². The molecule has 2 rings (SSSR count). The number of rotatable bonds is 13. The summed E-state index contributed by atoms with van der Waals surface area (Å²) in [6.45, 7) is 6.61. The molecule has 8 nitrogen and oxygen atoms in total. The fourth-order valence-corrected chi connectivity index (χ4v) is 4.84. The molecule has 1 aliphatic rings. The van der Waals surface area contributed by atoms with Gasteiger partial charge >= 0.3 is 5.97 Å². The van der Waals surface area contributed by atoms with Crippen LogP contribution in [0.1, 0.15) is 57.9 Å². The Morgan fingerprint density at radius 3 is 2.77 bits per heavy atom. The highest BCUT2D eigenvalue weighted by Gasteiger charge is 2.36. The van der Waals surface area contributed by atoms with Crippen molar-refractivity contribution in [3.05, 3.63) is 23.8 Å². The third-order valence-electron chi connectivity index (χ3n) is 4.75. The third kappa shape index (κ3) is 8.12. The molecular formula is C21H33NO7S. The molecule has 1 atom stereocenters. The van der Waals surface area contributed by atoms with Crippen molar-refractivity contribution in [3.63, 3.8) is 0 Å². The first-order valence-electron chi connectivity index (χ1n) is 10.3. The average molecular weight is 444 g/mol. The van der Waals surface area contributed by atoms with Crippen LogP contribution in [-0.2, 0) is 19.6 Å². The van der Waals surface area contributed by atoms with Crippen LogP contribution < -0.4 is 14.2 Å². The molecule has 0 saturated carbocycles. The van der Waals surface area contributed by atoms with Crippen LogP contribution in [-0.4, -0.2) is 57.2 Å². The number of hydrogen-bond acceptors (Lipinski definition) is 6. The first kappa shape index (κ1) is 24.4. The number of benzene rings is 1. The lowest BCUT2D eigenvalue weighted by Crippen LogP contribution is -2.39. The maximum atomic E-state index is 12.6. The summed E-state index contributed by atoms with van der Waals surface area (Å²) in [7, 11) is -3.53. The lowest BCUT2D eigenvalue weighted by molar-refractivity contribution is -0.142. The molecule has 0 amide bonds. The number of unbranched alkanes of at least 4 members (excludes halogenated alkanes) is 1. The highest BCUT2D eigenvalue weighted by atomic mass is 32.2. The lowest BCUT2D eigenvalue weighted by Gasteiger charge is -2.37. The predicted octanol–water partition coefficient (Wildman–Crippen LogP) is 2.92. The van der Waals surface area contributed by atoms with E-state index in [-0.39, 0.29) is 31.4 Å². The van der Waals surface area contributed by atoms with Crippen LogP contribution in [0.25, 0.3) is 0 Å². The van der Waals surface area contributed by atoms with Gasteiger partial charge in [0.05, 0.1) is 12.4 Å². The summed E-state index contributed by atoms with van der Waals surface area (Å²) in [6, 6.07) is 5.60. The molecule has 0 bridgehead atoms. The number of carbonyl (C=O) groups is 1. The van der Waals surface area contributed by atoms with Crippen molar-refractivity contribution in [3.8, 4) is 11.5 Å². The van der Waals surface area contributed by atoms with E-state index in [2.05, 4.69) is 11.6 Å². The van der Waals surface area contributed by atoms with Crippen molar-refractivity contribution >= 4 is 16.0 Å². The molecule has 0 radical (unpaired) electrons. The van der Waals surface area contributed by atoms with Crippen LogP contribution in [0, 0.1) is 0 Å². The van der Waals surface area contributed by atoms with E-state index in [1.54, 1.807) is 0 Å². The van der Waals surface area contributed by atoms with Gasteiger partial charge in [-0.1, -0.05) is 13.3 Å². The van der Waals surface area contributed by atoms with Crippen molar-refractivity contribution in [1.29, 1.82) is 0 Å². The van der Waals surface area contributed by atoms with E-state index < -0.39 is 21.6 Å². The summed E-state index contributed by atoms with van der Waals surface area (Å²) in [5.41, 5.74) is 0.376. The van der Waals surface area contributed by atoms with Gasteiger partial charge in [-0.3, -0.25) is 0 Å². The maximum Gasteiger partial charge on any atom is 0.329 e. The van der Waals surface area contributed by atoms with Gasteiger partial charge in [0.25, 0.3) is 0 Å². The molecule has 1 unspecified atom stereocenters. The van der Waals surface area contributed by atoms with E-state index in [0.717, 1.165) is 24.2 Å². The quantitative estimate of drug-likeness (QED) is 0.451. The fraction of sp³-hybridized carbons (Fsp3) is 0.667. The summed E-state index contributed by atoms with van der Waals surface area (Å²) in [5.74, 6) is 0.0859. The minimum absolute atomic E-state index is 0.0544. The van der Waals surface area contributed by atoms with Gasteiger partial charge in [0.1, 0.15) is 23.7 Å². The second-order valence-electron chi connectivity index (χ2n) is 8.14. The molecule has 0 saturated heterocycles. The second kappa shape index (κ2) is 11.0. The van der Waals surface area contributed by atoms with Crippen LogP contribution in [0.15, 0.2) is 18.2 Å². The molecule has 1 aromatic carbocycles. The molecule has 30 heavy (non-hydrogen) atoms. The molecule has 2 N–H and O–H groups in total. The predicted molar refractivity (Wildman–Crippen MR) is 114 cm³/mol. The number of carboxylic acids is 1. The zero-order valence-electron chi connectivity index (χ0n) is 18.0. The molecule has 0 aliphatic carbocycles. The van der Waals surface area contributed by atoms with Crippen LogP contribution >= 0.6 is 0 Å². The summed E-state index contributed by atoms with van der Waals surface area (Å²) < 4.78 is 44.6. The molecule has 1 heterocycles. The standard InChI is InChI=1S/C21H33NO7S/c1-4-5-11-28-17-7-8-19-18(12-17)16(13-21(2,3)29-19)15-30(25,26)22-9-6-10-27-14-20(23)24/h7-8,12,16,22H,4-6,9-11,13-15H2,1-3H3,(H,23,24). The van der Waals surface area contributed by atoms with E-state index in [1.165, 1.54) is 0 Å². The number of carboxylic acid groups (broad SMARTS) is 1. The first-order valence-corrected chi connectivity index (χ1v) is 12.0. The van der Waals surface area contributed by atoms with Gasteiger partial charge in [-0.15, -0.1) is 0 Å². The Morgan fingerprint density at radius 2 is 2.07 bits per heavy atom. The normalized spacial score (nSPS) is 17.8. The highest BCUT2D eigenvalue weighted by Crippen LogP contribution is 2.42. The Hall–Kier alpha value is -1.84. The Kier molecular flexibility index (Phi) is 8.93. The average Bonchev–Trinajstić information content (AvgIpc) is 2.64. The molecule has 0 spiro atoms. The van der Waals surface area contributed by atoms with Gasteiger partial charge in [0, 0.05) is 24.6 Å². The molecule has 170 valence electrons. The zero-order chi connectivity index (χ0) is 22.2. The van der Waals surface area contributed by atoms with E-state index in [0.29, 0.717) is 25.2 Å². The van der Waals surface area contributed by atoms with E-state index in [4.69, 9.17) is 19.3 Å². The van der Waals surface area contributed by atoms with Crippen molar-refractivity contribution in [2.45, 2.75) is 58.0 Å². The largest absolute Gasteiger partial charge is 0.494 e. The molecule has 9 heteroatoms. The van der Waals surface area contributed by atoms with Crippen molar-refractivity contribution in [2.75, 3.05) is 32.1 Å². The number of hydrogen-bond donors (Lipinski definition) is 2. The van der Waals surface area contributed by atoms with E-state index in [1.807, 2.05) is 32.0 Å². The Morgan fingerprint density at radius 1 is 1.30 bits per heavy atom. The summed E-state index contributed by atoms with van der Waals surface area (Å²) >= 11 is 0. The monoisotopic (exact) mass is 443 g/mol. The molecule has 1 aromatic rings. The minimum atomic E-state index is -3.53. The Labute approximate surface area is 179 Å². The SMILES string of the molecule is CCCCOc1ccc2c(c1)C(CS(=O)(=O)NCCCOCC(=O)O)CC(C)(C)O2. The van der Waals surface area contributed by atoms with Crippen molar-refractivity contribution in [1.82, 2.24) is 4.72 Å². The Balaban J connectivity index is 2.01. The fourth-order valence-electron chi connectivity index (χ4n) is 3.44. The zero-order valence-corrected chi connectivity index (χ0v) is 18.8. The smallest absolute Gasteiger partial charge is 0.329 e. The number of aliphatic carboxylic acids is 1. The van der Waals surface area contributed by atoms with Gasteiger partial charge in [-0.05, 0) is 51.3 Å². The van der Waals surface area contributed by atoms with E-state index in [9.17, 15) is 13.2 Å². The molecule has 0 aromatic heterocycles. The highest BCUT2D eigenvalue weighted by molar-refractivity contribution is 7.89. The third-order valence-corrected chi connectivity index (χ3v) is 6.23. The van der Waals surface area contributed by atoms with E-state index >= 15 is 0 Å². The molecular weight excluding hydrogens is 410 g/mol. The van der Waals surface area contributed by atoms with Gasteiger partial charge in [-0.2, -0.15) is 0 Å². The maximum absolute atomic E-state index is 12.6. The molecule has 1 aliphatic heterocycles. The first-order chi connectivity index (χ1) is 14.1. The van der Waals surface area contributed by atoms with Crippen LogP contribution in [0.2, 0.25) is 0 Å². The number of fused-ring (bicyclic) bond motifs is 1. The lowest BCUT2D eigenvalue weighted by atomic mass is 9.85. The number of ether oxygens (including phenoxy) is 3. The number of sulfonamides is 1. The van der Waals surface area contributed by atoms with Crippen LogP contribution in [0.5, 0.6) is 11.5 Å². The second-order valence-corrected chi connectivity index (χ2v) is 9.99. The molecule has 0 fully saturated rings. The topological polar surface area (TPSA) is 111 Å². The minimum Gasteiger partial charge on any atom is -0.494 e.